The van der Waals surface area contributed by atoms with Gasteiger partial charge in [-0.1, -0.05) is 12.1 Å². The molecule has 2 aromatic rings. The third kappa shape index (κ3) is 2.29. The highest BCUT2D eigenvalue weighted by Crippen LogP contribution is 2.59. The zero-order chi connectivity index (χ0) is 15.2. The Morgan fingerprint density at radius 2 is 2.18 bits per heavy atom. The third-order valence-electron chi connectivity index (χ3n) is 5.17. The first-order chi connectivity index (χ1) is 10.7. The highest BCUT2D eigenvalue weighted by Gasteiger charge is 2.58. The lowest BCUT2D eigenvalue weighted by Crippen LogP contribution is -2.32. The average molecular weight is 299 g/mol. The van der Waals surface area contributed by atoms with E-state index in [2.05, 4.69) is 15.3 Å². The Morgan fingerprint density at radius 1 is 1.41 bits per heavy atom. The monoisotopic (exact) mass is 299 g/mol. The normalized spacial score (nSPS) is 24.3. The molecule has 0 bridgehead atoms. The average Bonchev–Trinajstić information content (AvgIpc) is 3.05. The van der Waals surface area contributed by atoms with E-state index in [0.29, 0.717) is 0 Å². The summed E-state index contributed by atoms with van der Waals surface area (Å²) in [6.07, 6.45) is 3.04. The number of carbonyl (C=O) groups excluding carboxylic acids is 1. The van der Waals surface area contributed by atoms with Crippen LogP contribution in [0.25, 0.3) is 11.0 Å². The van der Waals surface area contributed by atoms with Crippen LogP contribution in [0.4, 0.5) is 0 Å². The Kier molecular flexibility index (Phi) is 3.18. The number of aromatic nitrogens is 2. The maximum atomic E-state index is 12.5. The molecule has 5 heteroatoms. The number of aromatic amines is 1. The summed E-state index contributed by atoms with van der Waals surface area (Å²) in [5.41, 5.74) is 2.16. The second-order valence-electron chi connectivity index (χ2n) is 6.60. The van der Waals surface area contributed by atoms with Crippen molar-refractivity contribution in [1.82, 2.24) is 15.3 Å². The lowest BCUT2D eigenvalue weighted by Gasteiger charge is -2.23. The minimum atomic E-state index is -0.0996. The van der Waals surface area contributed by atoms with Crippen LogP contribution in [0.3, 0.4) is 0 Å². The van der Waals surface area contributed by atoms with Crippen LogP contribution in [0.1, 0.15) is 38.1 Å². The SMILES string of the molecule is C[C@@H](NC(=O)[C@@H]1CC12CCOCC2)c1nc2ccccc2[nH]1. The van der Waals surface area contributed by atoms with Gasteiger partial charge in [0.2, 0.25) is 5.91 Å². The van der Waals surface area contributed by atoms with Crippen LogP contribution in [-0.2, 0) is 9.53 Å². The van der Waals surface area contributed by atoms with E-state index in [4.69, 9.17) is 4.74 Å². The van der Waals surface area contributed by atoms with E-state index < -0.39 is 0 Å². The van der Waals surface area contributed by atoms with Gasteiger partial charge in [0, 0.05) is 19.1 Å². The Morgan fingerprint density at radius 3 is 2.95 bits per heavy atom. The van der Waals surface area contributed by atoms with E-state index in [-0.39, 0.29) is 23.3 Å². The molecule has 22 heavy (non-hydrogen) atoms. The molecule has 2 heterocycles. The summed E-state index contributed by atoms with van der Waals surface area (Å²) in [4.78, 5) is 20.3. The summed E-state index contributed by atoms with van der Waals surface area (Å²) in [6, 6.07) is 7.82. The number of H-pyrrole nitrogens is 1. The van der Waals surface area contributed by atoms with Crippen LogP contribution in [-0.4, -0.2) is 29.1 Å². The number of imidazole rings is 1. The number of rotatable bonds is 3. The second-order valence-corrected chi connectivity index (χ2v) is 6.60. The molecule has 2 fully saturated rings. The van der Waals surface area contributed by atoms with Gasteiger partial charge in [-0.2, -0.15) is 0 Å². The molecular formula is C17H21N3O2. The smallest absolute Gasteiger partial charge is 0.224 e. The molecule has 0 unspecified atom stereocenters. The molecule has 1 saturated carbocycles. The van der Waals surface area contributed by atoms with Crippen molar-refractivity contribution in [3.05, 3.63) is 30.1 Å². The van der Waals surface area contributed by atoms with Gasteiger partial charge in [0.25, 0.3) is 0 Å². The Bertz CT molecular complexity index is 670. The van der Waals surface area contributed by atoms with Crippen molar-refractivity contribution >= 4 is 16.9 Å². The Labute approximate surface area is 129 Å². The number of para-hydroxylation sites is 2. The summed E-state index contributed by atoms with van der Waals surface area (Å²) in [5.74, 6) is 1.13. The number of amides is 1. The number of ether oxygens (including phenoxy) is 1. The summed E-state index contributed by atoms with van der Waals surface area (Å²) in [6.45, 7) is 3.57. The molecule has 1 saturated heterocycles. The number of nitrogens with zero attached hydrogens (tertiary/aromatic N) is 1. The van der Waals surface area contributed by atoms with Gasteiger partial charge in [-0.25, -0.2) is 4.98 Å². The van der Waals surface area contributed by atoms with Gasteiger partial charge in [-0.3, -0.25) is 4.79 Å². The zero-order valence-corrected chi connectivity index (χ0v) is 12.8. The van der Waals surface area contributed by atoms with E-state index in [1.165, 1.54) is 0 Å². The number of carbonyl (C=O) groups is 1. The van der Waals surface area contributed by atoms with Crippen LogP contribution in [0, 0.1) is 11.3 Å². The van der Waals surface area contributed by atoms with Gasteiger partial charge in [-0.05, 0) is 43.7 Å². The molecular weight excluding hydrogens is 278 g/mol. The number of nitrogens with one attached hydrogen (secondary N) is 2. The van der Waals surface area contributed by atoms with E-state index >= 15 is 0 Å². The minimum absolute atomic E-state index is 0.0996. The molecule has 1 aromatic carbocycles. The van der Waals surface area contributed by atoms with Crippen LogP contribution in [0.15, 0.2) is 24.3 Å². The van der Waals surface area contributed by atoms with E-state index in [9.17, 15) is 4.79 Å². The predicted octanol–water partition coefficient (Wildman–Crippen LogP) is 2.56. The molecule has 2 atom stereocenters. The van der Waals surface area contributed by atoms with E-state index in [0.717, 1.165) is 49.3 Å². The van der Waals surface area contributed by atoms with Crippen molar-refractivity contribution in [2.75, 3.05) is 13.2 Å². The fourth-order valence-corrected chi connectivity index (χ4v) is 3.61. The lowest BCUT2D eigenvalue weighted by atomic mass is 9.93. The standard InChI is InChI=1S/C17H21N3O2/c1-11(15-19-13-4-2-3-5-14(13)20-15)18-16(21)12-10-17(12)6-8-22-9-7-17/h2-5,11-12H,6-10H2,1H3,(H,18,21)(H,19,20)/t11-,12+/m1/s1. The van der Waals surface area contributed by atoms with Gasteiger partial charge in [0.1, 0.15) is 5.82 Å². The van der Waals surface area contributed by atoms with Crippen molar-refractivity contribution < 1.29 is 9.53 Å². The molecule has 1 aliphatic carbocycles. The summed E-state index contributed by atoms with van der Waals surface area (Å²) in [7, 11) is 0. The van der Waals surface area contributed by atoms with Gasteiger partial charge in [0.05, 0.1) is 17.1 Å². The van der Waals surface area contributed by atoms with Crippen molar-refractivity contribution in [2.24, 2.45) is 11.3 Å². The molecule has 2 N–H and O–H groups in total. The predicted molar refractivity (Wildman–Crippen MR) is 83.2 cm³/mol. The Balaban J connectivity index is 1.43. The lowest BCUT2D eigenvalue weighted by molar-refractivity contribution is -0.124. The quantitative estimate of drug-likeness (QED) is 0.915. The summed E-state index contributed by atoms with van der Waals surface area (Å²) < 4.78 is 5.41. The van der Waals surface area contributed by atoms with E-state index in [1.807, 2.05) is 31.2 Å². The van der Waals surface area contributed by atoms with Crippen LogP contribution in [0.5, 0.6) is 0 Å². The Hall–Kier alpha value is -1.88. The molecule has 0 radical (unpaired) electrons. The number of hydrogen-bond acceptors (Lipinski definition) is 3. The molecule has 1 aromatic heterocycles. The fraction of sp³-hybridized carbons (Fsp3) is 0.529. The molecule has 1 spiro atoms. The zero-order valence-electron chi connectivity index (χ0n) is 12.8. The van der Waals surface area contributed by atoms with Crippen LogP contribution >= 0.6 is 0 Å². The first-order valence-electron chi connectivity index (χ1n) is 8.01. The number of fused-ring (bicyclic) bond motifs is 1. The van der Waals surface area contributed by atoms with Crippen LogP contribution in [0.2, 0.25) is 0 Å². The van der Waals surface area contributed by atoms with Crippen molar-refractivity contribution in [3.63, 3.8) is 0 Å². The molecule has 4 rings (SSSR count). The van der Waals surface area contributed by atoms with Gasteiger partial charge in [-0.15, -0.1) is 0 Å². The molecule has 2 aliphatic rings. The van der Waals surface area contributed by atoms with Crippen molar-refractivity contribution in [1.29, 1.82) is 0 Å². The first kappa shape index (κ1) is 13.8. The number of hydrogen-bond donors (Lipinski definition) is 2. The first-order valence-corrected chi connectivity index (χ1v) is 8.01. The number of benzene rings is 1. The molecule has 1 amide bonds. The maximum Gasteiger partial charge on any atom is 0.224 e. The summed E-state index contributed by atoms with van der Waals surface area (Å²) >= 11 is 0. The van der Waals surface area contributed by atoms with Crippen LogP contribution < -0.4 is 5.32 Å². The van der Waals surface area contributed by atoms with Crippen molar-refractivity contribution in [3.8, 4) is 0 Å². The van der Waals surface area contributed by atoms with E-state index in [1.54, 1.807) is 0 Å². The van der Waals surface area contributed by atoms with Gasteiger partial charge >= 0.3 is 0 Å². The molecule has 5 nitrogen and oxygen atoms in total. The summed E-state index contributed by atoms with van der Waals surface area (Å²) in [5, 5.41) is 3.12. The van der Waals surface area contributed by atoms with Crippen molar-refractivity contribution in [2.45, 2.75) is 32.2 Å². The fourth-order valence-electron chi connectivity index (χ4n) is 3.61. The highest BCUT2D eigenvalue weighted by molar-refractivity contribution is 5.83. The third-order valence-corrected chi connectivity index (χ3v) is 5.17. The maximum absolute atomic E-state index is 12.5. The topological polar surface area (TPSA) is 67.0 Å². The second kappa shape index (κ2) is 5.09. The largest absolute Gasteiger partial charge is 0.381 e. The highest BCUT2D eigenvalue weighted by atomic mass is 16.5. The minimum Gasteiger partial charge on any atom is -0.381 e. The molecule has 116 valence electrons. The molecule has 1 aliphatic heterocycles. The van der Waals surface area contributed by atoms with Gasteiger partial charge in [0.15, 0.2) is 0 Å². The van der Waals surface area contributed by atoms with Gasteiger partial charge < -0.3 is 15.0 Å².